The Hall–Kier alpha value is -1.08. The summed E-state index contributed by atoms with van der Waals surface area (Å²) in [6.45, 7) is 7.35. The summed E-state index contributed by atoms with van der Waals surface area (Å²) in [5.41, 5.74) is -1.42. The van der Waals surface area contributed by atoms with Gasteiger partial charge in [-0.05, 0) is 12.5 Å². The molecule has 2 N–H and O–H groups in total. The molecule has 0 saturated carbocycles. The van der Waals surface area contributed by atoms with Crippen LogP contribution in [0.25, 0.3) is 0 Å². The molecule has 0 amide bonds. The lowest BCUT2D eigenvalue weighted by molar-refractivity contribution is 0.403. The number of hydrogen-bond donors (Lipinski definition) is 2. The molecule has 1 aromatic heterocycles. The van der Waals surface area contributed by atoms with Gasteiger partial charge in [0.1, 0.15) is 0 Å². The van der Waals surface area contributed by atoms with Crippen molar-refractivity contribution < 1.29 is 0 Å². The van der Waals surface area contributed by atoms with Crippen LogP contribution in [-0.4, -0.2) is 33.1 Å². The largest absolute Gasteiger partial charge is 0.339 e. The predicted octanol–water partition coefficient (Wildman–Crippen LogP) is 0.585. The van der Waals surface area contributed by atoms with Gasteiger partial charge < -0.3 is 5.32 Å². The van der Waals surface area contributed by atoms with Crippen molar-refractivity contribution in [1.29, 1.82) is 0 Å². The van der Waals surface area contributed by atoms with E-state index >= 15 is 0 Å². The van der Waals surface area contributed by atoms with Crippen LogP contribution >= 0.6 is 11.8 Å². The van der Waals surface area contributed by atoms with Gasteiger partial charge >= 0.3 is 11.1 Å². The zero-order valence-corrected chi connectivity index (χ0v) is 12.7. The third kappa shape index (κ3) is 4.50. The Bertz CT molecular complexity index is 511. The zero-order valence-electron chi connectivity index (χ0n) is 11.9. The number of aromatic nitrogens is 3. The van der Waals surface area contributed by atoms with Crippen LogP contribution in [0.5, 0.6) is 0 Å². The highest BCUT2D eigenvalue weighted by Gasteiger charge is 2.16. The summed E-state index contributed by atoms with van der Waals surface area (Å²) in [4.78, 5) is 26.2. The lowest BCUT2D eigenvalue weighted by atomic mass is 10.0. The second-order valence-electron chi connectivity index (χ2n) is 4.56. The first-order valence-corrected chi connectivity index (χ1v) is 7.51. The minimum absolute atomic E-state index is 0.365. The van der Waals surface area contributed by atoms with Gasteiger partial charge in [-0.1, -0.05) is 39.0 Å². The van der Waals surface area contributed by atoms with E-state index in [4.69, 9.17) is 0 Å². The maximum Gasteiger partial charge on any atom is 0.339 e. The van der Waals surface area contributed by atoms with E-state index in [0.29, 0.717) is 17.1 Å². The molecular weight excluding hydrogens is 264 g/mol. The molecule has 0 fully saturated rings. The van der Waals surface area contributed by atoms with Gasteiger partial charge in [0.15, 0.2) is 5.16 Å². The first-order valence-electron chi connectivity index (χ1n) is 6.53. The summed E-state index contributed by atoms with van der Waals surface area (Å²) in [6.07, 6.45) is 1.09. The van der Waals surface area contributed by atoms with Gasteiger partial charge in [0.25, 0.3) is 0 Å². The van der Waals surface area contributed by atoms with Gasteiger partial charge in [0.2, 0.25) is 0 Å². The smallest absolute Gasteiger partial charge is 0.313 e. The van der Waals surface area contributed by atoms with Crippen molar-refractivity contribution in [2.45, 2.75) is 38.4 Å². The molecule has 0 spiro atoms. The summed E-state index contributed by atoms with van der Waals surface area (Å²) in [6, 6.07) is 0.365. The molecule has 19 heavy (non-hydrogen) atoms. The van der Waals surface area contributed by atoms with Crippen LogP contribution < -0.4 is 16.4 Å². The monoisotopic (exact) mass is 286 g/mol. The molecule has 0 bridgehead atoms. The molecule has 108 valence electrons. The lowest BCUT2D eigenvalue weighted by Gasteiger charge is -2.23. The maximum atomic E-state index is 11.3. The molecular formula is C12H22N4O2S. The van der Waals surface area contributed by atoms with Gasteiger partial charge in [-0.15, -0.1) is 0 Å². The minimum atomic E-state index is -0.732. The van der Waals surface area contributed by atoms with Crippen LogP contribution in [0.3, 0.4) is 0 Å². The van der Waals surface area contributed by atoms with E-state index in [1.165, 1.54) is 16.4 Å². The summed E-state index contributed by atoms with van der Waals surface area (Å²) in [7, 11) is 1.68. The maximum absolute atomic E-state index is 11.3. The topological polar surface area (TPSA) is 79.8 Å². The molecule has 0 aliphatic carbocycles. The molecule has 7 heteroatoms. The molecule has 0 aliphatic heterocycles. The van der Waals surface area contributed by atoms with Crippen molar-refractivity contribution in [2.75, 3.05) is 12.3 Å². The summed E-state index contributed by atoms with van der Waals surface area (Å²) in [5.74, 6) is 1.36. The van der Waals surface area contributed by atoms with Crippen molar-refractivity contribution in [3.63, 3.8) is 0 Å². The van der Waals surface area contributed by atoms with Crippen LogP contribution in [0.2, 0.25) is 0 Å². The Kier molecular flexibility index (Phi) is 6.30. The van der Waals surface area contributed by atoms with E-state index in [9.17, 15) is 9.59 Å². The molecule has 0 aromatic carbocycles. The number of hydrogen-bond acceptors (Lipinski definition) is 5. The second-order valence-corrected chi connectivity index (χ2v) is 5.55. The number of nitrogens with one attached hydrogen (secondary N) is 2. The highest BCUT2D eigenvalue weighted by atomic mass is 32.2. The fraction of sp³-hybridized carbons (Fsp3) is 0.750. The third-order valence-corrected chi connectivity index (χ3v) is 4.29. The first kappa shape index (κ1) is 16.0. The normalized spacial score (nSPS) is 14.3. The molecule has 1 aromatic rings. The number of aromatic amines is 1. The summed E-state index contributed by atoms with van der Waals surface area (Å²) < 4.78 is 1.49. The average molecular weight is 286 g/mol. The van der Waals surface area contributed by atoms with Crippen molar-refractivity contribution in [3.05, 3.63) is 20.7 Å². The Labute approximate surface area is 117 Å². The number of nitrogens with zero attached hydrogens (tertiary/aromatic N) is 2. The van der Waals surface area contributed by atoms with E-state index in [-0.39, 0.29) is 0 Å². The standard InChI is InChI=1S/C12H22N4O2S/c1-5-8(3)9(13-6-2)7-19-12-14-10(17)11(18)15-16(12)4/h8-9,13H,5-7H2,1-4H3,(H,15,18). The van der Waals surface area contributed by atoms with Crippen LogP contribution in [0, 0.1) is 5.92 Å². The number of thioether (sulfide) groups is 1. The van der Waals surface area contributed by atoms with Crippen molar-refractivity contribution in [3.8, 4) is 0 Å². The first-order chi connectivity index (χ1) is 8.99. The predicted molar refractivity (Wildman–Crippen MR) is 77.7 cm³/mol. The highest BCUT2D eigenvalue weighted by Crippen LogP contribution is 2.18. The number of aryl methyl sites for hydroxylation is 1. The van der Waals surface area contributed by atoms with Gasteiger partial charge in [-0.3, -0.25) is 19.4 Å². The van der Waals surface area contributed by atoms with Crippen molar-refractivity contribution in [1.82, 2.24) is 20.1 Å². The minimum Gasteiger partial charge on any atom is -0.313 e. The van der Waals surface area contributed by atoms with E-state index in [2.05, 4.69) is 36.2 Å². The van der Waals surface area contributed by atoms with Gasteiger partial charge in [0, 0.05) is 18.8 Å². The van der Waals surface area contributed by atoms with Crippen LogP contribution in [0.1, 0.15) is 27.2 Å². The number of H-pyrrole nitrogens is 1. The fourth-order valence-electron chi connectivity index (χ4n) is 1.73. The Morgan fingerprint density at radius 3 is 2.68 bits per heavy atom. The second kappa shape index (κ2) is 7.49. The summed E-state index contributed by atoms with van der Waals surface area (Å²) in [5, 5.41) is 6.43. The molecule has 0 saturated heterocycles. The van der Waals surface area contributed by atoms with Gasteiger partial charge in [-0.25, -0.2) is 0 Å². The van der Waals surface area contributed by atoms with E-state index in [1.807, 2.05) is 0 Å². The average Bonchev–Trinajstić information content (AvgIpc) is 2.39. The molecule has 2 atom stereocenters. The van der Waals surface area contributed by atoms with Crippen LogP contribution in [0.15, 0.2) is 14.7 Å². The highest BCUT2D eigenvalue weighted by molar-refractivity contribution is 7.99. The van der Waals surface area contributed by atoms with E-state index in [0.717, 1.165) is 18.7 Å². The summed E-state index contributed by atoms with van der Waals surface area (Å²) >= 11 is 1.48. The molecule has 0 radical (unpaired) electrons. The quantitative estimate of drug-likeness (QED) is 0.566. The van der Waals surface area contributed by atoms with Crippen LogP contribution in [0.4, 0.5) is 0 Å². The Morgan fingerprint density at radius 2 is 2.11 bits per heavy atom. The number of rotatable bonds is 7. The Balaban J connectivity index is 2.76. The lowest BCUT2D eigenvalue weighted by Crippen LogP contribution is -2.38. The van der Waals surface area contributed by atoms with Crippen LogP contribution in [-0.2, 0) is 7.05 Å². The van der Waals surface area contributed by atoms with E-state index in [1.54, 1.807) is 7.05 Å². The van der Waals surface area contributed by atoms with Gasteiger partial charge in [0.05, 0.1) is 0 Å². The Morgan fingerprint density at radius 1 is 1.42 bits per heavy atom. The SMILES string of the molecule is CCNC(CSc1nc(=O)c(=O)[nH]n1C)C(C)CC. The molecule has 2 unspecified atom stereocenters. The zero-order chi connectivity index (χ0) is 14.4. The molecule has 0 aliphatic rings. The van der Waals surface area contributed by atoms with Crippen molar-refractivity contribution in [2.24, 2.45) is 13.0 Å². The van der Waals surface area contributed by atoms with Crippen molar-refractivity contribution >= 4 is 11.8 Å². The molecule has 1 rings (SSSR count). The molecule has 6 nitrogen and oxygen atoms in total. The molecule has 1 heterocycles. The third-order valence-electron chi connectivity index (χ3n) is 3.14. The van der Waals surface area contributed by atoms with Gasteiger partial charge in [-0.2, -0.15) is 4.98 Å². The fourth-order valence-corrected chi connectivity index (χ4v) is 2.89. The van der Waals surface area contributed by atoms with E-state index < -0.39 is 11.1 Å².